The molecule has 1 aliphatic heterocycles. The van der Waals surface area contributed by atoms with E-state index in [0.29, 0.717) is 5.02 Å². The van der Waals surface area contributed by atoms with E-state index in [2.05, 4.69) is 54.2 Å². The Bertz CT molecular complexity index is 1000. The number of hydrogen-bond acceptors (Lipinski definition) is 6. The van der Waals surface area contributed by atoms with Crippen LogP contribution < -0.4 is 10.3 Å². The minimum atomic E-state index is -0.505. The monoisotopic (exact) mass is 413 g/mol. The van der Waals surface area contributed by atoms with Crippen LogP contribution in [0.15, 0.2) is 41.6 Å². The van der Waals surface area contributed by atoms with Gasteiger partial charge in [-0.2, -0.15) is 5.10 Å². The number of allylic oxidation sites excluding steroid dienone is 1. The van der Waals surface area contributed by atoms with Gasteiger partial charge in [0.05, 0.1) is 21.7 Å². The van der Waals surface area contributed by atoms with Crippen molar-refractivity contribution in [3.05, 3.63) is 62.8 Å². The molecule has 0 unspecified atom stereocenters. The number of hydrazone groups is 1. The second-order valence-electron chi connectivity index (χ2n) is 7.52. The number of anilines is 2. The quantitative estimate of drug-likeness (QED) is 0.384. The highest BCUT2D eigenvalue weighted by atomic mass is 35.5. The highest BCUT2D eigenvalue weighted by Crippen LogP contribution is 2.41. The summed E-state index contributed by atoms with van der Waals surface area (Å²) in [4.78, 5) is 16.9. The normalized spacial score (nSPS) is 15.2. The van der Waals surface area contributed by atoms with Crippen molar-refractivity contribution < 1.29 is 4.92 Å². The summed E-state index contributed by atoms with van der Waals surface area (Å²) in [5.74, 6) is 0.0785. The number of hydrogen-bond donors (Lipinski definition) is 1. The fraction of sp³-hybridized carbons (Fsp3) is 0.333. The van der Waals surface area contributed by atoms with Crippen LogP contribution in [0.4, 0.5) is 17.2 Å². The van der Waals surface area contributed by atoms with E-state index in [1.54, 1.807) is 6.21 Å². The zero-order valence-corrected chi connectivity index (χ0v) is 17.7. The van der Waals surface area contributed by atoms with E-state index in [1.165, 1.54) is 23.9 Å². The molecule has 0 atom stereocenters. The van der Waals surface area contributed by atoms with Gasteiger partial charge >= 0.3 is 5.69 Å². The van der Waals surface area contributed by atoms with E-state index >= 15 is 0 Å². The first kappa shape index (κ1) is 20.8. The SMILES string of the molecule is CCCN1c2cc(Cl)c(/C=N\Nc3ncccc3[N+](=O)[O-])cc2C(C)=CC1(C)C. The molecule has 0 radical (unpaired) electrons. The van der Waals surface area contributed by atoms with Crippen molar-refractivity contribution in [1.29, 1.82) is 0 Å². The topological polar surface area (TPSA) is 83.7 Å². The molecule has 0 saturated carbocycles. The summed E-state index contributed by atoms with van der Waals surface area (Å²) >= 11 is 6.54. The van der Waals surface area contributed by atoms with Crippen molar-refractivity contribution >= 4 is 40.6 Å². The summed E-state index contributed by atoms with van der Waals surface area (Å²) in [5, 5.41) is 15.8. The lowest BCUT2D eigenvalue weighted by atomic mass is 9.88. The number of pyridine rings is 1. The van der Waals surface area contributed by atoms with E-state index in [4.69, 9.17) is 11.6 Å². The Balaban J connectivity index is 1.93. The highest BCUT2D eigenvalue weighted by Gasteiger charge is 2.31. The molecule has 7 nitrogen and oxygen atoms in total. The molecule has 0 bridgehead atoms. The summed E-state index contributed by atoms with van der Waals surface area (Å²) in [6, 6.07) is 6.84. The number of halogens is 1. The number of nitrogens with zero attached hydrogens (tertiary/aromatic N) is 4. The Hall–Kier alpha value is -2.93. The first-order valence-corrected chi connectivity index (χ1v) is 9.82. The molecule has 2 heterocycles. The zero-order chi connectivity index (χ0) is 21.2. The van der Waals surface area contributed by atoms with Crippen LogP contribution in [0.2, 0.25) is 5.02 Å². The van der Waals surface area contributed by atoms with Crippen LogP contribution in [0.25, 0.3) is 5.57 Å². The lowest BCUT2D eigenvalue weighted by Crippen LogP contribution is -2.45. The van der Waals surface area contributed by atoms with E-state index in [-0.39, 0.29) is 17.0 Å². The second kappa shape index (κ2) is 8.21. The first-order chi connectivity index (χ1) is 13.7. The van der Waals surface area contributed by atoms with Crippen LogP contribution >= 0.6 is 11.6 Å². The predicted molar refractivity (Wildman–Crippen MR) is 119 cm³/mol. The number of aromatic nitrogens is 1. The fourth-order valence-corrected chi connectivity index (χ4v) is 3.85. The molecular weight excluding hydrogens is 390 g/mol. The molecule has 1 aliphatic rings. The van der Waals surface area contributed by atoms with Gasteiger partial charge in [-0.3, -0.25) is 15.5 Å². The summed E-state index contributed by atoms with van der Waals surface area (Å²) in [5.41, 5.74) is 6.51. The Morgan fingerprint density at radius 3 is 2.86 bits per heavy atom. The van der Waals surface area contributed by atoms with Gasteiger partial charge in [0.15, 0.2) is 0 Å². The molecule has 0 saturated heterocycles. The third-order valence-corrected chi connectivity index (χ3v) is 5.23. The largest absolute Gasteiger partial charge is 0.362 e. The number of nitro groups is 1. The van der Waals surface area contributed by atoms with Crippen molar-refractivity contribution in [2.45, 2.75) is 39.7 Å². The maximum absolute atomic E-state index is 11.1. The summed E-state index contributed by atoms with van der Waals surface area (Å²) in [6.07, 6.45) is 6.31. The van der Waals surface area contributed by atoms with E-state index in [1.807, 2.05) is 12.1 Å². The van der Waals surface area contributed by atoms with Crippen molar-refractivity contribution in [2.24, 2.45) is 5.10 Å². The van der Waals surface area contributed by atoms with Gasteiger partial charge in [0.25, 0.3) is 0 Å². The predicted octanol–water partition coefficient (Wildman–Crippen LogP) is 5.50. The van der Waals surface area contributed by atoms with Crippen molar-refractivity contribution in [3.63, 3.8) is 0 Å². The second-order valence-corrected chi connectivity index (χ2v) is 7.93. The summed E-state index contributed by atoms with van der Waals surface area (Å²) < 4.78 is 0. The number of fused-ring (bicyclic) bond motifs is 1. The average molecular weight is 414 g/mol. The number of benzene rings is 1. The van der Waals surface area contributed by atoms with Gasteiger partial charge in [-0.05, 0) is 51.0 Å². The number of rotatable bonds is 6. The fourth-order valence-electron chi connectivity index (χ4n) is 3.64. The van der Waals surface area contributed by atoms with Gasteiger partial charge in [0.2, 0.25) is 5.82 Å². The average Bonchev–Trinajstić information content (AvgIpc) is 2.66. The van der Waals surface area contributed by atoms with Crippen molar-refractivity contribution in [2.75, 3.05) is 16.9 Å². The van der Waals surface area contributed by atoms with E-state index in [9.17, 15) is 10.1 Å². The van der Waals surface area contributed by atoms with Crippen LogP contribution in [-0.4, -0.2) is 28.2 Å². The van der Waals surface area contributed by atoms with Crippen LogP contribution in [0.5, 0.6) is 0 Å². The van der Waals surface area contributed by atoms with Crippen LogP contribution in [-0.2, 0) is 0 Å². The maximum Gasteiger partial charge on any atom is 0.313 e. The Morgan fingerprint density at radius 2 is 2.17 bits per heavy atom. The van der Waals surface area contributed by atoms with E-state index in [0.717, 1.165) is 29.8 Å². The van der Waals surface area contributed by atoms with Gasteiger partial charge in [0.1, 0.15) is 0 Å². The molecule has 1 aromatic carbocycles. The first-order valence-electron chi connectivity index (χ1n) is 9.44. The Labute approximate surface area is 175 Å². The minimum absolute atomic E-state index is 0.0785. The zero-order valence-electron chi connectivity index (χ0n) is 16.9. The standard InChI is InChI=1S/C21H24ClN5O2/c1-5-9-26-19-11-17(22)15(10-16(19)14(2)12-21(26,3)4)13-24-25-20-18(27(28)29)7-6-8-23-20/h6-8,10-13H,5,9H2,1-4H3,(H,23,25)/b24-13-. The van der Waals surface area contributed by atoms with Gasteiger partial charge in [-0.1, -0.05) is 24.6 Å². The molecule has 29 heavy (non-hydrogen) atoms. The molecule has 0 fully saturated rings. The lowest BCUT2D eigenvalue weighted by molar-refractivity contribution is -0.384. The number of nitrogens with one attached hydrogen (secondary N) is 1. The highest BCUT2D eigenvalue weighted by molar-refractivity contribution is 6.33. The summed E-state index contributed by atoms with van der Waals surface area (Å²) in [7, 11) is 0. The van der Waals surface area contributed by atoms with Crippen molar-refractivity contribution in [3.8, 4) is 0 Å². The molecule has 1 N–H and O–H groups in total. The molecular formula is C21H24ClN5O2. The maximum atomic E-state index is 11.1. The van der Waals surface area contributed by atoms with Crippen molar-refractivity contribution in [1.82, 2.24) is 4.98 Å². The Morgan fingerprint density at radius 1 is 1.41 bits per heavy atom. The van der Waals surface area contributed by atoms with Gasteiger partial charge < -0.3 is 4.90 Å². The van der Waals surface area contributed by atoms with Gasteiger partial charge in [-0.25, -0.2) is 4.98 Å². The lowest BCUT2D eigenvalue weighted by Gasteiger charge is -2.43. The minimum Gasteiger partial charge on any atom is -0.362 e. The van der Waals surface area contributed by atoms with E-state index < -0.39 is 4.92 Å². The van der Waals surface area contributed by atoms with Crippen LogP contribution in [0, 0.1) is 10.1 Å². The third kappa shape index (κ3) is 4.24. The van der Waals surface area contributed by atoms with Gasteiger partial charge in [-0.15, -0.1) is 0 Å². The molecule has 0 amide bonds. The van der Waals surface area contributed by atoms with Gasteiger partial charge in [0, 0.05) is 35.6 Å². The molecule has 0 spiro atoms. The molecule has 0 aliphatic carbocycles. The molecule has 2 aromatic rings. The molecule has 1 aromatic heterocycles. The molecule has 8 heteroatoms. The van der Waals surface area contributed by atoms with Crippen LogP contribution in [0.1, 0.15) is 45.2 Å². The third-order valence-electron chi connectivity index (χ3n) is 4.90. The molecule has 152 valence electrons. The summed E-state index contributed by atoms with van der Waals surface area (Å²) in [6.45, 7) is 9.57. The molecule has 3 rings (SSSR count). The van der Waals surface area contributed by atoms with Crippen LogP contribution in [0.3, 0.4) is 0 Å². The smallest absolute Gasteiger partial charge is 0.313 e. The Kier molecular flexibility index (Phi) is 5.88.